The third-order valence-corrected chi connectivity index (χ3v) is 8.02. The zero-order valence-electron chi connectivity index (χ0n) is 24.1. The van der Waals surface area contributed by atoms with Crippen molar-refractivity contribution in [2.24, 2.45) is 0 Å². The third-order valence-electron chi connectivity index (χ3n) is 8.02. The predicted octanol–water partition coefficient (Wildman–Crippen LogP) is 7.39. The molecule has 0 N–H and O–H groups in total. The number of carbonyl (C=O) groups is 2. The van der Waals surface area contributed by atoms with Crippen LogP contribution in [-0.4, -0.2) is 26.2 Å². The van der Waals surface area contributed by atoms with E-state index in [2.05, 4.69) is 0 Å². The summed E-state index contributed by atoms with van der Waals surface area (Å²) in [5.41, 5.74) is 1.83. The van der Waals surface area contributed by atoms with E-state index in [4.69, 9.17) is 28.4 Å². The van der Waals surface area contributed by atoms with Gasteiger partial charge in [0.2, 0.25) is 0 Å². The summed E-state index contributed by atoms with van der Waals surface area (Å²) in [6.07, 6.45) is -0.0177. The van der Waals surface area contributed by atoms with E-state index in [1.54, 1.807) is 74.9 Å². The van der Waals surface area contributed by atoms with Crippen LogP contribution in [0.2, 0.25) is 0 Å². The summed E-state index contributed by atoms with van der Waals surface area (Å²) in [6, 6.07) is 30.4. The largest absolute Gasteiger partial charge is 0.497 e. The molecule has 0 saturated heterocycles. The molecule has 0 radical (unpaired) electrons. The summed E-state index contributed by atoms with van der Waals surface area (Å²) >= 11 is 0. The number of ether oxygens (including phenoxy) is 6. The molecule has 2 aliphatic rings. The van der Waals surface area contributed by atoms with Gasteiger partial charge in [-0.1, -0.05) is 36.4 Å². The van der Waals surface area contributed by atoms with Gasteiger partial charge in [0.1, 0.15) is 34.9 Å². The molecule has 0 bridgehead atoms. The highest BCUT2D eigenvalue weighted by atomic mass is 16.7. The molecule has 0 amide bonds. The molecule has 8 nitrogen and oxygen atoms in total. The van der Waals surface area contributed by atoms with E-state index < -0.39 is 23.8 Å². The number of benzene rings is 5. The molecule has 44 heavy (non-hydrogen) atoms. The van der Waals surface area contributed by atoms with E-state index in [0.29, 0.717) is 58.1 Å². The number of fused-ring (bicyclic) bond motifs is 2. The minimum absolute atomic E-state index is 0.249. The highest BCUT2D eigenvalue weighted by molar-refractivity contribution is 5.95. The molecule has 1 aliphatic carbocycles. The quantitative estimate of drug-likeness (QED) is 0.150. The fourth-order valence-electron chi connectivity index (χ4n) is 5.86. The fourth-order valence-corrected chi connectivity index (χ4v) is 5.86. The first-order chi connectivity index (χ1) is 21.5. The second kappa shape index (κ2) is 11.0. The van der Waals surface area contributed by atoms with Gasteiger partial charge >= 0.3 is 11.9 Å². The lowest BCUT2D eigenvalue weighted by Gasteiger charge is -2.44. The van der Waals surface area contributed by atoms with Crippen molar-refractivity contribution in [3.63, 3.8) is 0 Å². The number of hydrogen-bond donors (Lipinski definition) is 0. The van der Waals surface area contributed by atoms with Crippen molar-refractivity contribution in [1.29, 1.82) is 0 Å². The maximum Gasteiger partial charge on any atom is 0.343 e. The van der Waals surface area contributed by atoms with Gasteiger partial charge in [-0.15, -0.1) is 0 Å². The molecule has 1 heterocycles. The Morgan fingerprint density at radius 1 is 0.705 bits per heavy atom. The Bertz CT molecular complexity index is 1840. The summed E-state index contributed by atoms with van der Waals surface area (Å²) in [5, 5.41) is 1.89. The van der Waals surface area contributed by atoms with Gasteiger partial charge in [0.15, 0.2) is 0 Å². The molecular weight excluding hydrogens is 560 g/mol. The lowest BCUT2D eigenvalue weighted by Crippen LogP contribution is -2.45. The fraction of sp³-hybridized carbons (Fsp3) is 0.167. The van der Waals surface area contributed by atoms with Crippen LogP contribution in [0.15, 0.2) is 103 Å². The summed E-state index contributed by atoms with van der Waals surface area (Å²) in [7, 11) is 3.12. The molecule has 8 heteroatoms. The molecule has 1 unspecified atom stereocenters. The normalized spacial score (nSPS) is 15.8. The average Bonchev–Trinajstić information content (AvgIpc) is 3.06. The van der Waals surface area contributed by atoms with Crippen LogP contribution in [0.25, 0.3) is 10.8 Å². The van der Waals surface area contributed by atoms with Gasteiger partial charge in [0, 0.05) is 17.5 Å². The summed E-state index contributed by atoms with van der Waals surface area (Å²) in [6.45, 7) is 0. The number of carbonyl (C=O) groups excluding carboxylic acids is 2. The van der Waals surface area contributed by atoms with Crippen LogP contribution in [0.3, 0.4) is 0 Å². The Balaban J connectivity index is 1.29. The minimum atomic E-state index is -1.23. The van der Waals surface area contributed by atoms with E-state index in [9.17, 15) is 9.59 Å². The highest BCUT2D eigenvalue weighted by Gasteiger charge is 2.49. The van der Waals surface area contributed by atoms with Crippen molar-refractivity contribution in [2.75, 3.05) is 14.2 Å². The SMILES string of the molecule is COc1ccc(C(=O)Oc2cccc3c2C(OC(=O)c2ccc(OC)cc2)CCC32Oc3cccc4cccc(c34)O2)cc1. The van der Waals surface area contributed by atoms with Crippen molar-refractivity contribution in [3.05, 3.63) is 125 Å². The summed E-state index contributed by atoms with van der Waals surface area (Å²) in [5.74, 6) is 0.546. The van der Waals surface area contributed by atoms with Gasteiger partial charge in [0.25, 0.3) is 5.79 Å². The van der Waals surface area contributed by atoms with E-state index in [1.807, 2.05) is 42.5 Å². The smallest absolute Gasteiger partial charge is 0.343 e. The Morgan fingerprint density at radius 3 is 1.86 bits per heavy atom. The monoisotopic (exact) mass is 588 g/mol. The number of esters is 2. The van der Waals surface area contributed by atoms with Crippen molar-refractivity contribution in [1.82, 2.24) is 0 Å². The van der Waals surface area contributed by atoms with Gasteiger partial charge < -0.3 is 28.4 Å². The first-order valence-electron chi connectivity index (χ1n) is 14.2. The van der Waals surface area contributed by atoms with E-state index in [-0.39, 0.29) is 5.75 Å². The molecule has 0 saturated carbocycles. The van der Waals surface area contributed by atoms with Crippen molar-refractivity contribution in [3.8, 4) is 28.7 Å². The molecule has 1 spiro atoms. The second-order valence-corrected chi connectivity index (χ2v) is 10.6. The average molecular weight is 589 g/mol. The molecule has 1 atom stereocenters. The maximum atomic E-state index is 13.4. The highest BCUT2D eigenvalue weighted by Crippen LogP contribution is 2.53. The number of hydrogen-bond acceptors (Lipinski definition) is 8. The molecule has 5 aromatic carbocycles. The lowest BCUT2D eigenvalue weighted by molar-refractivity contribution is -0.147. The van der Waals surface area contributed by atoms with Crippen molar-refractivity contribution >= 4 is 22.7 Å². The zero-order chi connectivity index (χ0) is 30.3. The Morgan fingerprint density at radius 2 is 1.27 bits per heavy atom. The Hall–Kier alpha value is -5.50. The molecule has 5 aromatic rings. The Kier molecular flexibility index (Phi) is 6.81. The topological polar surface area (TPSA) is 89.5 Å². The van der Waals surface area contributed by atoms with Crippen LogP contribution in [-0.2, 0) is 10.5 Å². The third kappa shape index (κ3) is 4.74. The van der Waals surface area contributed by atoms with Gasteiger partial charge in [-0.3, -0.25) is 0 Å². The standard InChI is InChI=1S/C36H28O8/c1-39-25-16-12-23(13-17-25)34(37)41-28-9-5-8-27-33(28)29(42-35(38)24-14-18-26(40-2)19-15-24)20-21-36(27)43-30-10-3-6-22-7-4-11-31(44-36)32(22)30/h3-19,29H,20-21H2,1-2H3. The van der Waals surface area contributed by atoms with Crippen LogP contribution in [0.1, 0.15) is 50.8 Å². The van der Waals surface area contributed by atoms with Crippen LogP contribution < -0.4 is 23.7 Å². The lowest BCUT2D eigenvalue weighted by atomic mass is 9.83. The molecular formula is C36H28O8. The number of rotatable bonds is 6. The Labute approximate surface area is 253 Å². The predicted molar refractivity (Wildman–Crippen MR) is 162 cm³/mol. The van der Waals surface area contributed by atoms with Crippen LogP contribution >= 0.6 is 0 Å². The van der Waals surface area contributed by atoms with Crippen LogP contribution in [0.5, 0.6) is 28.7 Å². The van der Waals surface area contributed by atoms with E-state index in [0.717, 1.165) is 10.8 Å². The summed E-state index contributed by atoms with van der Waals surface area (Å²) < 4.78 is 35.8. The molecule has 0 aromatic heterocycles. The summed E-state index contributed by atoms with van der Waals surface area (Å²) in [4.78, 5) is 26.7. The molecule has 0 fully saturated rings. The first kappa shape index (κ1) is 27.3. The van der Waals surface area contributed by atoms with Gasteiger partial charge in [-0.25, -0.2) is 9.59 Å². The van der Waals surface area contributed by atoms with Crippen LogP contribution in [0, 0.1) is 0 Å². The number of methoxy groups -OCH3 is 2. The van der Waals surface area contributed by atoms with Crippen LogP contribution in [0.4, 0.5) is 0 Å². The van der Waals surface area contributed by atoms with Gasteiger partial charge in [-0.2, -0.15) is 0 Å². The second-order valence-electron chi connectivity index (χ2n) is 10.6. The van der Waals surface area contributed by atoms with E-state index >= 15 is 0 Å². The van der Waals surface area contributed by atoms with Crippen molar-refractivity contribution < 1.29 is 38.0 Å². The van der Waals surface area contributed by atoms with Gasteiger partial charge in [-0.05, 0) is 78.5 Å². The molecule has 220 valence electrons. The van der Waals surface area contributed by atoms with Crippen molar-refractivity contribution in [2.45, 2.75) is 24.7 Å². The zero-order valence-corrected chi connectivity index (χ0v) is 24.1. The first-order valence-corrected chi connectivity index (χ1v) is 14.2. The van der Waals surface area contributed by atoms with E-state index in [1.165, 1.54) is 0 Å². The molecule has 1 aliphatic heterocycles. The molecule has 7 rings (SSSR count). The maximum absolute atomic E-state index is 13.4. The van der Waals surface area contributed by atoms with Gasteiger partial charge in [0.05, 0.1) is 30.7 Å². The minimum Gasteiger partial charge on any atom is -0.497 e.